The van der Waals surface area contributed by atoms with E-state index in [1.54, 1.807) is 7.11 Å². The molecule has 0 saturated heterocycles. The summed E-state index contributed by atoms with van der Waals surface area (Å²) < 4.78 is 10.8. The van der Waals surface area contributed by atoms with Crippen LogP contribution in [0.2, 0.25) is 0 Å². The van der Waals surface area contributed by atoms with Gasteiger partial charge >= 0.3 is 6.03 Å². The van der Waals surface area contributed by atoms with Crippen LogP contribution in [0.1, 0.15) is 19.8 Å². The molecule has 5 nitrogen and oxygen atoms in total. The van der Waals surface area contributed by atoms with Crippen LogP contribution in [0, 0.1) is 0 Å². The average molecular weight is 264 g/mol. The van der Waals surface area contributed by atoms with Crippen LogP contribution in [0.5, 0.6) is 11.5 Å². The van der Waals surface area contributed by atoms with Crippen molar-refractivity contribution >= 4 is 6.03 Å². The van der Waals surface area contributed by atoms with Gasteiger partial charge in [0, 0.05) is 12.1 Å². The molecule has 1 atom stereocenters. The highest BCUT2D eigenvalue weighted by atomic mass is 16.5. The van der Waals surface area contributed by atoms with Crippen LogP contribution in [0.4, 0.5) is 4.79 Å². The highest BCUT2D eigenvalue weighted by Crippen LogP contribution is 2.20. The van der Waals surface area contributed by atoms with Gasteiger partial charge in [0.15, 0.2) is 0 Å². The molecule has 0 unspecified atom stereocenters. The van der Waals surface area contributed by atoms with Crippen LogP contribution in [0.25, 0.3) is 0 Å². The number of rotatable bonds is 6. The monoisotopic (exact) mass is 264 g/mol. The van der Waals surface area contributed by atoms with Gasteiger partial charge in [-0.3, -0.25) is 0 Å². The van der Waals surface area contributed by atoms with Crippen molar-refractivity contribution in [1.82, 2.24) is 10.6 Å². The van der Waals surface area contributed by atoms with E-state index in [2.05, 4.69) is 10.6 Å². The number of carbonyl (C=O) groups is 1. The summed E-state index contributed by atoms with van der Waals surface area (Å²) in [6.07, 6.45) is 2.07. The Bertz CT molecular complexity index is 432. The van der Waals surface area contributed by atoms with Gasteiger partial charge in [0.2, 0.25) is 0 Å². The quantitative estimate of drug-likeness (QED) is 0.825. The SMILES string of the molecule is COc1cccc(O[C@@H](C)CNC(=O)NC2CC2)c1. The molecule has 1 aromatic carbocycles. The maximum atomic E-state index is 11.5. The smallest absolute Gasteiger partial charge is 0.315 e. The van der Waals surface area contributed by atoms with Gasteiger partial charge in [0.05, 0.1) is 13.7 Å². The Morgan fingerprint density at radius 3 is 2.84 bits per heavy atom. The molecule has 2 rings (SSSR count). The number of benzene rings is 1. The van der Waals surface area contributed by atoms with E-state index in [0.29, 0.717) is 12.6 Å². The highest BCUT2D eigenvalue weighted by Gasteiger charge is 2.23. The summed E-state index contributed by atoms with van der Waals surface area (Å²) in [5.74, 6) is 1.49. The van der Waals surface area contributed by atoms with E-state index in [1.165, 1.54) is 0 Å². The number of nitrogens with one attached hydrogen (secondary N) is 2. The Kier molecular flexibility index (Phi) is 4.49. The molecule has 1 aromatic rings. The second-order valence-electron chi connectivity index (χ2n) is 4.74. The normalized spacial score (nSPS) is 15.5. The lowest BCUT2D eigenvalue weighted by molar-refractivity contribution is 0.207. The van der Waals surface area contributed by atoms with Crippen molar-refractivity contribution in [2.75, 3.05) is 13.7 Å². The molecule has 2 N–H and O–H groups in total. The fourth-order valence-corrected chi connectivity index (χ4v) is 1.65. The summed E-state index contributed by atoms with van der Waals surface area (Å²) in [4.78, 5) is 11.5. The first kappa shape index (κ1) is 13.5. The van der Waals surface area contributed by atoms with Crippen molar-refractivity contribution in [2.24, 2.45) is 0 Å². The van der Waals surface area contributed by atoms with Crippen molar-refractivity contribution in [3.63, 3.8) is 0 Å². The molecule has 0 aromatic heterocycles. The van der Waals surface area contributed by atoms with Gasteiger partial charge in [-0.05, 0) is 31.9 Å². The zero-order valence-electron chi connectivity index (χ0n) is 11.3. The maximum absolute atomic E-state index is 11.5. The van der Waals surface area contributed by atoms with Gasteiger partial charge in [-0.2, -0.15) is 0 Å². The Balaban J connectivity index is 1.73. The van der Waals surface area contributed by atoms with Crippen molar-refractivity contribution < 1.29 is 14.3 Å². The molecule has 0 spiro atoms. The molecule has 0 bridgehead atoms. The minimum Gasteiger partial charge on any atom is -0.497 e. The lowest BCUT2D eigenvalue weighted by Crippen LogP contribution is -2.41. The van der Waals surface area contributed by atoms with Gasteiger partial charge in [-0.25, -0.2) is 4.79 Å². The van der Waals surface area contributed by atoms with Gasteiger partial charge in [0.1, 0.15) is 17.6 Å². The third-order valence-electron chi connectivity index (χ3n) is 2.84. The molecular weight excluding hydrogens is 244 g/mol. The topological polar surface area (TPSA) is 59.6 Å². The maximum Gasteiger partial charge on any atom is 0.315 e. The minimum atomic E-state index is -0.122. The first-order valence-corrected chi connectivity index (χ1v) is 6.52. The molecular formula is C14H20N2O3. The van der Waals surface area contributed by atoms with E-state index in [1.807, 2.05) is 31.2 Å². The molecule has 0 heterocycles. The van der Waals surface area contributed by atoms with E-state index in [0.717, 1.165) is 24.3 Å². The number of amides is 2. The Morgan fingerprint density at radius 1 is 1.42 bits per heavy atom. The number of carbonyl (C=O) groups excluding carboxylic acids is 1. The van der Waals surface area contributed by atoms with E-state index >= 15 is 0 Å². The van der Waals surface area contributed by atoms with E-state index < -0.39 is 0 Å². The number of hydrogen-bond donors (Lipinski definition) is 2. The molecule has 1 aliphatic carbocycles. The van der Waals surface area contributed by atoms with Crippen molar-refractivity contribution in [3.8, 4) is 11.5 Å². The molecule has 19 heavy (non-hydrogen) atoms. The zero-order chi connectivity index (χ0) is 13.7. The Labute approximate surface area is 113 Å². The van der Waals surface area contributed by atoms with Crippen molar-refractivity contribution in [3.05, 3.63) is 24.3 Å². The second kappa shape index (κ2) is 6.31. The summed E-state index contributed by atoms with van der Waals surface area (Å²) in [5.41, 5.74) is 0. The third kappa shape index (κ3) is 4.69. The van der Waals surface area contributed by atoms with Crippen LogP contribution < -0.4 is 20.1 Å². The van der Waals surface area contributed by atoms with Crippen LogP contribution in [0.3, 0.4) is 0 Å². The van der Waals surface area contributed by atoms with Gasteiger partial charge in [0.25, 0.3) is 0 Å². The summed E-state index contributed by atoms with van der Waals surface area (Å²) in [7, 11) is 1.62. The summed E-state index contributed by atoms with van der Waals surface area (Å²) in [6, 6.07) is 7.66. The lowest BCUT2D eigenvalue weighted by Gasteiger charge is -2.16. The van der Waals surface area contributed by atoms with Crippen LogP contribution in [-0.2, 0) is 0 Å². The molecule has 5 heteroatoms. The molecule has 2 amide bonds. The molecule has 104 valence electrons. The predicted molar refractivity (Wildman–Crippen MR) is 72.6 cm³/mol. The fraction of sp³-hybridized carbons (Fsp3) is 0.500. The molecule has 1 aliphatic rings. The second-order valence-corrected chi connectivity index (χ2v) is 4.74. The first-order valence-electron chi connectivity index (χ1n) is 6.52. The third-order valence-corrected chi connectivity index (χ3v) is 2.84. The molecule has 1 saturated carbocycles. The summed E-state index contributed by atoms with van der Waals surface area (Å²) >= 11 is 0. The number of urea groups is 1. The van der Waals surface area contributed by atoms with Crippen molar-refractivity contribution in [2.45, 2.75) is 31.9 Å². The lowest BCUT2D eigenvalue weighted by atomic mass is 10.3. The largest absolute Gasteiger partial charge is 0.497 e. The predicted octanol–water partition coefficient (Wildman–Crippen LogP) is 1.92. The van der Waals surface area contributed by atoms with Crippen LogP contribution >= 0.6 is 0 Å². The van der Waals surface area contributed by atoms with Crippen LogP contribution in [0.15, 0.2) is 24.3 Å². The van der Waals surface area contributed by atoms with E-state index in [9.17, 15) is 4.79 Å². The van der Waals surface area contributed by atoms with Gasteiger partial charge in [-0.1, -0.05) is 6.07 Å². The molecule has 0 radical (unpaired) electrons. The summed E-state index contributed by atoms with van der Waals surface area (Å²) in [5, 5.41) is 5.66. The highest BCUT2D eigenvalue weighted by molar-refractivity contribution is 5.74. The number of hydrogen-bond acceptors (Lipinski definition) is 3. The molecule has 0 aliphatic heterocycles. The van der Waals surface area contributed by atoms with Gasteiger partial charge < -0.3 is 20.1 Å². The minimum absolute atomic E-state index is 0.0999. The Hall–Kier alpha value is -1.91. The van der Waals surface area contributed by atoms with Gasteiger partial charge in [-0.15, -0.1) is 0 Å². The van der Waals surface area contributed by atoms with Crippen molar-refractivity contribution in [1.29, 1.82) is 0 Å². The number of methoxy groups -OCH3 is 1. The standard InChI is InChI=1S/C14H20N2O3/c1-10(9-15-14(17)16-11-6-7-11)19-13-5-3-4-12(8-13)18-2/h3-5,8,10-11H,6-7,9H2,1-2H3,(H2,15,16,17)/t10-/m0/s1. The first-order chi connectivity index (χ1) is 9.17. The van der Waals surface area contributed by atoms with E-state index in [4.69, 9.17) is 9.47 Å². The average Bonchev–Trinajstić information content (AvgIpc) is 3.20. The fourth-order valence-electron chi connectivity index (χ4n) is 1.65. The number of ether oxygens (including phenoxy) is 2. The van der Waals surface area contributed by atoms with Crippen LogP contribution in [-0.4, -0.2) is 31.8 Å². The molecule has 1 fully saturated rings. The Morgan fingerprint density at radius 2 is 2.16 bits per heavy atom. The summed E-state index contributed by atoms with van der Waals surface area (Å²) in [6.45, 7) is 2.38. The zero-order valence-corrected chi connectivity index (χ0v) is 11.3. The van der Waals surface area contributed by atoms with E-state index in [-0.39, 0.29) is 12.1 Å².